The van der Waals surface area contributed by atoms with Crippen molar-refractivity contribution in [1.82, 2.24) is 14.8 Å². The number of nitrogens with zero attached hydrogens (tertiary/aromatic N) is 3. The standard InChI is InChI=1S/C20H18F3N3O2S/c1-13(27)10-11-29-19-25-24-18(14-6-8-17(28-2)9-7-14)26(19)16-5-3-4-15(12-16)20(21,22)23/h3-9,12H,10-11H2,1-2H3. The third-order valence-corrected chi connectivity index (χ3v) is 5.03. The van der Waals surface area contributed by atoms with Gasteiger partial charge in [-0.25, -0.2) is 0 Å². The molecule has 3 aromatic rings. The molecular weight excluding hydrogens is 403 g/mol. The highest BCUT2D eigenvalue weighted by molar-refractivity contribution is 7.99. The average Bonchev–Trinajstić information content (AvgIpc) is 3.11. The van der Waals surface area contributed by atoms with Gasteiger partial charge in [0.2, 0.25) is 0 Å². The van der Waals surface area contributed by atoms with Crippen LogP contribution in [0.25, 0.3) is 17.1 Å². The highest BCUT2D eigenvalue weighted by Crippen LogP contribution is 2.33. The van der Waals surface area contributed by atoms with Crippen LogP contribution in [0.1, 0.15) is 18.9 Å². The van der Waals surface area contributed by atoms with Gasteiger partial charge in [0.25, 0.3) is 0 Å². The van der Waals surface area contributed by atoms with E-state index in [9.17, 15) is 18.0 Å². The molecule has 0 spiro atoms. The van der Waals surface area contributed by atoms with Crippen LogP contribution in [0.4, 0.5) is 13.2 Å². The molecule has 0 atom stereocenters. The van der Waals surface area contributed by atoms with E-state index < -0.39 is 11.7 Å². The Morgan fingerprint density at radius 3 is 2.48 bits per heavy atom. The van der Waals surface area contributed by atoms with Crippen molar-refractivity contribution in [3.05, 3.63) is 54.1 Å². The van der Waals surface area contributed by atoms with Crippen LogP contribution in [0, 0.1) is 0 Å². The van der Waals surface area contributed by atoms with Crippen molar-refractivity contribution in [1.29, 1.82) is 0 Å². The zero-order valence-electron chi connectivity index (χ0n) is 15.7. The molecule has 0 saturated carbocycles. The summed E-state index contributed by atoms with van der Waals surface area (Å²) in [5.41, 5.74) is 0.208. The number of rotatable bonds is 7. The number of ketones is 1. The van der Waals surface area contributed by atoms with Gasteiger partial charge in [0.1, 0.15) is 11.5 Å². The van der Waals surface area contributed by atoms with Gasteiger partial charge in [0.15, 0.2) is 11.0 Å². The van der Waals surface area contributed by atoms with Gasteiger partial charge in [-0.15, -0.1) is 10.2 Å². The van der Waals surface area contributed by atoms with Crippen LogP contribution in [-0.2, 0) is 11.0 Å². The molecule has 0 unspecified atom stereocenters. The average molecular weight is 421 g/mol. The van der Waals surface area contributed by atoms with Gasteiger partial charge in [-0.2, -0.15) is 13.2 Å². The van der Waals surface area contributed by atoms with Crippen molar-refractivity contribution in [2.24, 2.45) is 0 Å². The van der Waals surface area contributed by atoms with Gasteiger partial charge in [-0.3, -0.25) is 9.36 Å². The predicted octanol–water partition coefficient (Wildman–Crippen LogP) is 5.03. The number of halogens is 3. The minimum Gasteiger partial charge on any atom is -0.497 e. The first-order valence-corrected chi connectivity index (χ1v) is 9.68. The summed E-state index contributed by atoms with van der Waals surface area (Å²) in [6.07, 6.45) is -4.13. The minimum absolute atomic E-state index is 0.0259. The first-order chi connectivity index (χ1) is 13.8. The maximum atomic E-state index is 13.2. The fourth-order valence-corrected chi connectivity index (χ4v) is 3.62. The number of benzene rings is 2. The first-order valence-electron chi connectivity index (χ1n) is 8.69. The van der Waals surface area contributed by atoms with Crippen LogP contribution in [0.15, 0.2) is 53.7 Å². The summed E-state index contributed by atoms with van der Waals surface area (Å²) < 4.78 is 46.4. The van der Waals surface area contributed by atoms with E-state index in [1.165, 1.54) is 24.8 Å². The smallest absolute Gasteiger partial charge is 0.416 e. The SMILES string of the molecule is COc1ccc(-c2nnc(SCCC(C)=O)n2-c2cccc(C(F)(F)F)c2)cc1. The molecule has 152 valence electrons. The van der Waals surface area contributed by atoms with Gasteiger partial charge < -0.3 is 4.74 Å². The van der Waals surface area contributed by atoms with Crippen LogP contribution >= 0.6 is 11.8 Å². The molecule has 0 aliphatic rings. The number of Topliss-reactive ketones (excluding diaryl/α,β-unsaturated/α-hetero) is 1. The lowest BCUT2D eigenvalue weighted by Crippen LogP contribution is -2.07. The Labute approximate surface area is 169 Å². The Balaban J connectivity index is 2.08. The van der Waals surface area contributed by atoms with E-state index in [0.717, 1.165) is 12.1 Å². The van der Waals surface area contributed by atoms with Crippen LogP contribution in [0.2, 0.25) is 0 Å². The summed E-state index contributed by atoms with van der Waals surface area (Å²) in [6, 6.07) is 12.0. The Hall–Kier alpha value is -2.81. The van der Waals surface area contributed by atoms with Crippen molar-refractivity contribution in [2.75, 3.05) is 12.9 Å². The van der Waals surface area contributed by atoms with E-state index in [-0.39, 0.29) is 5.78 Å². The molecule has 0 bridgehead atoms. The molecule has 0 radical (unpaired) electrons. The number of hydrogen-bond donors (Lipinski definition) is 0. The van der Waals surface area contributed by atoms with Crippen molar-refractivity contribution in [3.63, 3.8) is 0 Å². The quantitative estimate of drug-likeness (QED) is 0.501. The fourth-order valence-electron chi connectivity index (χ4n) is 2.63. The number of carbonyl (C=O) groups is 1. The molecule has 1 aromatic heterocycles. The number of ether oxygens (including phenoxy) is 1. The summed E-state index contributed by atoms with van der Waals surface area (Å²) in [7, 11) is 1.55. The lowest BCUT2D eigenvalue weighted by molar-refractivity contribution is -0.137. The largest absolute Gasteiger partial charge is 0.497 e. The molecule has 2 aromatic carbocycles. The minimum atomic E-state index is -4.47. The maximum absolute atomic E-state index is 13.2. The second-order valence-electron chi connectivity index (χ2n) is 6.22. The van der Waals surface area contributed by atoms with Gasteiger partial charge in [-0.05, 0) is 49.4 Å². The lowest BCUT2D eigenvalue weighted by atomic mass is 10.1. The first kappa shape index (κ1) is 20.9. The molecule has 1 heterocycles. The molecule has 0 fully saturated rings. The molecule has 5 nitrogen and oxygen atoms in total. The Morgan fingerprint density at radius 1 is 1.14 bits per heavy atom. The predicted molar refractivity (Wildman–Crippen MR) is 104 cm³/mol. The van der Waals surface area contributed by atoms with E-state index in [1.54, 1.807) is 42.0 Å². The van der Waals surface area contributed by atoms with E-state index in [2.05, 4.69) is 10.2 Å². The second-order valence-corrected chi connectivity index (χ2v) is 7.28. The molecule has 0 N–H and O–H groups in total. The number of hydrogen-bond acceptors (Lipinski definition) is 5. The van der Waals surface area contributed by atoms with Crippen LogP contribution in [0.3, 0.4) is 0 Å². The van der Waals surface area contributed by atoms with E-state index in [1.807, 2.05) is 0 Å². The van der Waals surface area contributed by atoms with E-state index in [4.69, 9.17) is 4.74 Å². The summed E-state index contributed by atoms with van der Waals surface area (Å²) >= 11 is 1.27. The van der Waals surface area contributed by atoms with E-state index >= 15 is 0 Å². The van der Waals surface area contributed by atoms with Crippen LogP contribution in [0.5, 0.6) is 5.75 Å². The number of thioether (sulfide) groups is 1. The molecule has 0 amide bonds. The maximum Gasteiger partial charge on any atom is 0.416 e. The van der Waals surface area contributed by atoms with Crippen molar-refractivity contribution in [3.8, 4) is 22.8 Å². The number of methoxy groups -OCH3 is 1. The van der Waals surface area contributed by atoms with Gasteiger partial charge >= 0.3 is 6.18 Å². The molecular formula is C20H18F3N3O2S. The molecule has 0 aliphatic heterocycles. The van der Waals surface area contributed by atoms with E-state index in [0.29, 0.717) is 40.2 Å². The lowest BCUT2D eigenvalue weighted by Gasteiger charge is -2.13. The third-order valence-electron chi connectivity index (χ3n) is 4.10. The monoisotopic (exact) mass is 421 g/mol. The highest BCUT2D eigenvalue weighted by Gasteiger charge is 2.31. The Morgan fingerprint density at radius 2 is 1.86 bits per heavy atom. The zero-order valence-corrected chi connectivity index (χ0v) is 16.5. The van der Waals surface area contributed by atoms with Crippen LogP contribution < -0.4 is 4.74 Å². The number of carbonyl (C=O) groups excluding carboxylic acids is 1. The molecule has 0 aliphatic carbocycles. The van der Waals surface area contributed by atoms with Gasteiger partial charge in [0, 0.05) is 17.7 Å². The van der Waals surface area contributed by atoms with Crippen molar-refractivity contribution < 1.29 is 22.7 Å². The summed E-state index contributed by atoms with van der Waals surface area (Å²) in [6.45, 7) is 1.49. The number of alkyl halides is 3. The molecule has 0 saturated heterocycles. The summed E-state index contributed by atoms with van der Waals surface area (Å²) in [4.78, 5) is 11.2. The van der Waals surface area contributed by atoms with Gasteiger partial charge in [-0.1, -0.05) is 17.8 Å². The normalized spacial score (nSPS) is 11.5. The fraction of sp³-hybridized carbons (Fsp3) is 0.250. The molecule has 3 rings (SSSR count). The third kappa shape index (κ3) is 4.97. The summed E-state index contributed by atoms with van der Waals surface area (Å²) in [5, 5.41) is 8.76. The second kappa shape index (κ2) is 8.69. The number of aromatic nitrogens is 3. The van der Waals surface area contributed by atoms with Crippen molar-refractivity contribution in [2.45, 2.75) is 24.7 Å². The molecule has 29 heavy (non-hydrogen) atoms. The topological polar surface area (TPSA) is 57.0 Å². The summed E-state index contributed by atoms with van der Waals surface area (Å²) in [5.74, 6) is 1.53. The Bertz CT molecular complexity index is 1000. The highest BCUT2D eigenvalue weighted by atomic mass is 32.2. The molecule has 9 heteroatoms. The zero-order chi connectivity index (χ0) is 21.0. The van der Waals surface area contributed by atoms with Gasteiger partial charge in [0.05, 0.1) is 18.4 Å². The van der Waals surface area contributed by atoms with Crippen molar-refractivity contribution >= 4 is 17.5 Å². The Kier molecular flexibility index (Phi) is 6.26. The van der Waals surface area contributed by atoms with Crippen LogP contribution in [-0.4, -0.2) is 33.4 Å².